The lowest BCUT2D eigenvalue weighted by atomic mass is 9.93. The van der Waals surface area contributed by atoms with E-state index < -0.39 is 0 Å². The van der Waals surface area contributed by atoms with Crippen LogP contribution in [0.4, 0.5) is 5.69 Å². The van der Waals surface area contributed by atoms with Crippen molar-refractivity contribution in [2.45, 2.75) is 63.0 Å². The first-order valence-corrected chi connectivity index (χ1v) is 10.4. The Kier molecular flexibility index (Phi) is 5.58. The highest BCUT2D eigenvalue weighted by Crippen LogP contribution is 2.37. The van der Waals surface area contributed by atoms with Crippen molar-refractivity contribution in [1.29, 1.82) is 0 Å². The van der Waals surface area contributed by atoms with Crippen LogP contribution in [-0.4, -0.2) is 16.2 Å². The Balaban J connectivity index is 1.38. The maximum Gasteiger partial charge on any atom is 0.171 e. The second-order valence-corrected chi connectivity index (χ2v) is 8.04. The standard InChI is InChI=1S/C22H27N3OS/c27-21(25-22(14-4-5-15-22)20-9-3-6-16-23-20)24-17-10-12-19(13-11-17)26-18-7-1-2-8-18/h3,6,9-13,16,18H,1-2,4-5,7-8,14-15H2,(H2,24,25,27). The summed E-state index contributed by atoms with van der Waals surface area (Å²) in [7, 11) is 0. The van der Waals surface area contributed by atoms with Crippen molar-refractivity contribution in [3.63, 3.8) is 0 Å². The zero-order chi connectivity index (χ0) is 18.5. The molecule has 0 amide bonds. The highest BCUT2D eigenvalue weighted by molar-refractivity contribution is 7.80. The minimum Gasteiger partial charge on any atom is -0.490 e. The number of hydrogen-bond acceptors (Lipinski definition) is 3. The van der Waals surface area contributed by atoms with Crippen molar-refractivity contribution in [2.24, 2.45) is 0 Å². The van der Waals surface area contributed by atoms with Gasteiger partial charge in [0.1, 0.15) is 5.75 Å². The van der Waals surface area contributed by atoms with Crippen LogP contribution in [0, 0.1) is 0 Å². The summed E-state index contributed by atoms with van der Waals surface area (Å²) in [5, 5.41) is 7.52. The van der Waals surface area contributed by atoms with E-state index in [1.807, 2.05) is 42.6 Å². The van der Waals surface area contributed by atoms with Crippen molar-refractivity contribution >= 4 is 23.0 Å². The number of benzene rings is 1. The Morgan fingerprint density at radius 3 is 2.41 bits per heavy atom. The van der Waals surface area contributed by atoms with Crippen LogP contribution in [0.2, 0.25) is 0 Å². The van der Waals surface area contributed by atoms with Crippen LogP contribution in [0.1, 0.15) is 57.1 Å². The molecule has 0 radical (unpaired) electrons. The fraction of sp³-hybridized carbons (Fsp3) is 0.455. The predicted octanol–water partition coefficient (Wildman–Crippen LogP) is 5.16. The molecule has 0 saturated heterocycles. The molecule has 5 heteroatoms. The summed E-state index contributed by atoms with van der Waals surface area (Å²) < 4.78 is 6.03. The van der Waals surface area contributed by atoms with E-state index >= 15 is 0 Å². The summed E-state index contributed by atoms with van der Waals surface area (Å²) in [4.78, 5) is 4.59. The van der Waals surface area contributed by atoms with Crippen LogP contribution in [0.25, 0.3) is 0 Å². The normalized spacial score (nSPS) is 19.0. The molecule has 4 nitrogen and oxygen atoms in total. The molecule has 2 aliphatic carbocycles. The number of nitrogens with zero attached hydrogens (tertiary/aromatic N) is 1. The van der Waals surface area contributed by atoms with E-state index in [0.29, 0.717) is 11.2 Å². The molecule has 142 valence electrons. The number of anilines is 1. The molecule has 2 aromatic rings. The van der Waals surface area contributed by atoms with Gasteiger partial charge in [-0.1, -0.05) is 18.9 Å². The number of pyridine rings is 1. The van der Waals surface area contributed by atoms with Crippen LogP contribution in [0.5, 0.6) is 5.75 Å². The van der Waals surface area contributed by atoms with Gasteiger partial charge in [0.25, 0.3) is 0 Å². The molecular weight excluding hydrogens is 354 g/mol. The van der Waals surface area contributed by atoms with Gasteiger partial charge in [-0.05, 0) is 87.1 Å². The third-order valence-corrected chi connectivity index (χ3v) is 5.89. The molecule has 1 heterocycles. The van der Waals surface area contributed by atoms with Crippen LogP contribution in [0.3, 0.4) is 0 Å². The Labute approximate surface area is 166 Å². The van der Waals surface area contributed by atoms with Gasteiger partial charge < -0.3 is 15.4 Å². The molecule has 2 saturated carbocycles. The van der Waals surface area contributed by atoms with E-state index in [1.54, 1.807) is 0 Å². The van der Waals surface area contributed by atoms with Gasteiger partial charge in [0.2, 0.25) is 0 Å². The minimum absolute atomic E-state index is 0.156. The van der Waals surface area contributed by atoms with E-state index in [2.05, 4.69) is 21.7 Å². The first-order chi connectivity index (χ1) is 13.2. The Bertz CT molecular complexity index is 751. The average Bonchev–Trinajstić information content (AvgIpc) is 3.37. The summed E-state index contributed by atoms with van der Waals surface area (Å²) in [5.74, 6) is 0.937. The summed E-state index contributed by atoms with van der Waals surface area (Å²) in [5.41, 5.74) is 1.89. The quantitative estimate of drug-likeness (QED) is 0.701. The van der Waals surface area contributed by atoms with E-state index in [-0.39, 0.29) is 5.54 Å². The second kappa shape index (κ2) is 8.26. The molecule has 1 aromatic carbocycles. The molecule has 0 atom stereocenters. The van der Waals surface area contributed by atoms with Crippen molar-refractivity contribution < 1.29 is 4.74 Å². The smallest absolute Gasteiger partial charge is 0.171 e. The summed E-state index contributed by atoms with van der Waals surface area (Å²) in [6.45, 7) is 0. The van der Waals surface area contributed by atoms with Gasteiger partial charge in [0, 0.05) is 11.9 Å². The largest absolute Gasteiger partial charge is 0.490 e. The highest BCUT2D eigenvalue weighted by Gasteiger charge is 2.37. The first-order valence-electron chi connectivity index (χ1n) is 10.0. The Morgan fingerprint density at radius 1 is 1.00 bits per heavy atom. The van der Waals surface area contributed by atoms with E-state index in [9.17, 15) is 0 Å². The monoisotopic (exact) mass is 381 g/mol. The maximum atomic E-state index is 6.03. The van der Waals surface area contributed by atoms with Crippen LogP contribution in [0.15, 0.2) is 48.7 Å². The zero-order valence-electron chi connectivity index (χ0n) is 15.6. The molecule has 2 N–H and O–H groups in total. The van der Waals surface area contributed by atoms with Gasteiger partial charge in [-0.2, -0.15) is 0 Å². The van der Waals surface area contributed by atoms with E-state index in [0.717, 1.165) is 30.0 Å². The van der Waals surface area contributed by atoms with Crippen molar-refractivity contribution in [2.75, 3.05) is 5.32 Å². The molecular formula is C22H27N3OS. The van der Waals surface area contributed by atoms with Crippen LogP contribution < -0.4 is 15.4 Å². The van der Waals surface area contributed by atoms with Crippen molar-refractivity contribution in [3.05, 3.63) is 54.4 Å². The molecule has 27 heavy (non-hydrogen) atoms. The summed E-state index contributed by atoms with van der Waals surface area (Å²) >= 11 is 5.61. The second-order valence-electron chi connectivity index (χ2n) is 7.63. The SMILES string of the molecule is S=C(Nc1ccc(OC2CCCC2)cc1)NC1(c2ccccn2)CCCC1. The lowest BCUT2D eigenvalue weighted by Crippen LogP contribution is -2.46. The molecule has 2 fully saturated rings. The summed E-state index contributed by atoms with van der Waals surface area (Å²) in [6, 6.07) is 14.2. The molecule has 0 aliphatic heterocycles. The molecule has 1 aromatic heterocycles. The molecule has 2 aliphatic rings. The molecule has 0 unspecified atom stereocenters. The highest BCUT2D eigenvalue weighted by atomic mass is 32.1. The third kappa shape index (κ3) is 4.41. The third-order valence-electron chi connectivity index (χ3n) is 5.68. The topological polar surface area (TPSA) is 46.2 Å². The average molecular weight is 382 g/mol. The predicted molar refractivity (Wildman–Crippen MR) is 113 cm³/mol. The number of aromatic nitrogens is 1. The number of nitrogens with one attached hydrogen (secondary N) is 2. The van der Waals surface area contributed by atoms with E-state index in [4.69, 9.17) is 17.0 Å². The Hall–Kier alpha value is -2.14. The van der Waals surface area contributed by atoms with Crippen molar-refractivity contribution in [1.82, 2.24) is 10.3 Å². The van der Waals surface area contributed by atoms with Crippen molar-refractivity contribution in [3.8, 4) is 5.75 Å². The number of ether oxygens (including phenoxy) is 1. The number of hydrogen-bond donors (Lipinski definition) is 2. The lowest BCUT2D eigenvalue weighted by molar-refractivity contribution is 0.210. The van der Waals surface area contributed by atoms with Gasteiger partial charge in [0.05, 0.1) is 17.3 Å². The van der Waals surface area contributed by atoms with Gasteiger partial charge >= 0.3 is 0 Å². The van der Waals surface area contributed by atoms with Crippen LogP contribution >= 0.6 is 12.2 Å². The van der Waals surface area contributed by atoms with Gasteiger partial charge in [0.15, 0.2) is 5.11 Å². The number of rotatable bonds is 5. The Morgan fingerprint density at radius 2 is 1.74 bits per heavy atom. The number of thiocarbonyl (C=S) groups is 1. The molecule has 4 rings (SSSR count). The molecule has 0 spiro atoms. The van der Waals surface area contributed by atoms with Gasteiger partial charge in [-0.15, -0.1) is 0 Å². The fourth-order valence-electron chi connectivity index (χ4n) is 4.26. The lowest BCUT2D eigenvalue weighted by Gasteiger charge is -2.31. The van der Waals surface area contributed by atoms with E-state index in [1.165, 1.54) is 38.5 Å². The molecule has 0 bridgehead atoms. The minimum atomic E-state index is -0.156. The van der Waals surface area contributed by atoms with Crippen LogP contribution in [-0.2, 0) is 5.54 Å². The maximum absolute atomic E-state index is 6.03. The van der Waals surface area contributed by atoms with Gasteiger partial charge in [-0.25, -0.2) is 0 Å². The first kappa shape index (κ1) is 18.2. The fourth-order valence-corrected chi connectivity index (χ4v) is 4.58. The van der Waals surface area contributed by atoms with Gasteiger partial charge in [-0.3, -0.25) is 4.98 Å². The summed E-state index contributed by atoms with van der Waals surface area (Å²) in [6.07, 6.45) is 11.6. The zero-order valence-corrected chi connectivity index (χ0v) is 16.4.